The first-order valence-electron chi connectivity index (χ1n) is 6.79. The topological polar surface area (TPSA) is 55.6 Å². The molecule has 4 nitrogen and oxygen atoms in total. The standard InChI is InChI=1S/C15H22N2O2/c1-3-14(19-2)15(18)17-9-12(13(16)10-17)11-7-5-4-6-8-11/h4-8,12-14H,3,9-10,16H2,1-2H3/t12-,13+,14?/m0/s1. The summed E-state index contributed by atoms with van der Waals surface area (Å²) >= 11 is 0. The van der Waals surface area contributed by atoms with Crippen molar-refractivity contribution in [2.45, 2.75) is 31.4 Å². The molecule has 3 atom stereocenters. The summed E-state index contributed by atoms with van der Waals surface area (Å²) < 4.78 is 5.22. The Morgan fingerprint density at radius 1 is 1.42 bits per heavy atom. The normalized spacial score (nSPS) is 24.5. The minimum absolute atomic E-state index is 0.000659. The van der Waals surface area contributed by atoms with Crippen molar-refractivity contribution in [2.75, 3.05) is 20.2 Å². The Morgan fingerprint density at radius 2 is 2.11 bits per heavy atom. The van der Waals surface area contributed by atoms with Gasteiger partial charge >= 0.3 is 0 Å². The van der Waals surface area contributed by atoms with Gasteiger partial charge in [0.05, 0.1) is 0 Å². The van der Waals surface area contributed by atoms with Crippen molar-refractivity contribution < 1.29 is 9.53 Å². The lowest BCUT2D eigenvalue weighted by atomic mass is 9.95. The maximum Gasteiger partial charge on any atom is 0.251 e. The first kappa shape index (κ1) is 14.0. The number of hydrogen-bond acceptors (Lipinski definition) is 3. The Kier molecular flexibility index (Phi) is 4.56. The predicted octanol–water partition coefficient (Wildman–Crippen LogP) is 1.36. The summed E-state index contributed by atoms with van der Waals surface area (Å²) in [6.07, 6.45) is 0.346. The lowest BCUT2D eigenvalue weighted by Crippen LogP contribution is -2.39. The van der Waals surface area contributed by atoms with E-state index >= 15 is 0 Å². The van der Waals surface area contributed by atoms with Crippen molar-refractivity contribution >= 4 is 5.91 Å². The number of rotatable bonds is 4. The molecule has 104 valence electrons. The van der Waals surface area contributed by atoms with Crippen molar-refractivity contribution in [1.29, 1.82) is 0 Å². The van der Waals surface area contributed by atoms with E-state index in [-0.39, 0.29) is 24.0 Å². The van der Waals surface area contributed by atoms with Gasteiger partial charge in [-0.05, 0) is 12.0 Å². The molecule has 1 heterocycles. The van der Waals surface area contributed by atoms with Crippen LogP contribution < -0.4 is 5.73 Å². The summed E-state index contributed by atoms with van der Waals surface area (Å²) in [4.78, 5) is 14.1. The highest BCUT2D eigenvalue weighted by atomic mass is 16.5. The highest BCUT2D eigenvalue weighted by Crippen LogP contribution is 2.27. The lowest BCUT2D eigenvalue weighted by molar-refractivity contribution is -0.141. The first-order valence-corrected chi connectivity index (χ1v) is 6.79. The fourth-order valence-electron chi connectivity index (χ4n) is 2.71. The fraction of sp³-hybridized carbons (Fsp3) is 0.533. The molecule has 1 fully saturated rings. The first-order chi connectivity index (χ1) is 9.17. The monoisotopic (exact) mass is 262 g/mol. The van der Waals surface area contributed by atoms with Crippen LogP contribution in [-0.2, 0) is 9.53 Å². The summed E-state index contributed by atoms with van der Waals surface area (Å²) in [5.41, 5.74) is 7.39. The summed E-state index contributed by atoms with van der Waals surface area (Å²) in [6.45, 7) is 3.25. The third kappa shape index (κ3) is 2.96. The van der Waals surface area contributed by atoms with Gasteiger partial charge in [0.1, 0.15) is 6.10 Å². The molecule has 1 aromatic carbocycles. The minimum Gasteiger partial charge on any atom is -0.372 e. The smallest absolute Gasteiger partial charge is 0.251 e. The van der Waals surface area contributed by atoms with Crippen LogP contribution in [0, 0.1) is 0 Å². The summed E-state index contributed by atoms with van der Waals surface area (Å²) in [5.74, 6) is 0.276. The third-order valence-corrected chi connectivity index (χ3v) is 3.84. The van der Waals surface area contributed by atoms with Gasteiger partial charge in [-0.1, -0.05) is 37.3 Å². The number of nitrogens with two attached hydrogens (primary N) is 1. The number of benzene rings is 1. The van der Waals surface area contributed by atoms with E-state index in [0.717, 1.165) is 0 Å². The van der Waals surface area contributed by atoms with Crippen LogP contribution in [-0.4, -0.2) is 43.2 Å². The maximum absolute atomic E-state index is 12.3. The van der Waals surface area contributed by atoms with Gasteiger partial charge < -0.3 is 15.4 Å². The van der Waals surface area contributed by atoms with Crippen molar-refractivity contribution in [3.63, 3.8) is 0 Å². The quantitative estimate of drug-likeness (QED) is 0.891. The molecule has 0 radical (unpaired) electrons. The second kappa shape index (κ2) is 6.17. The zero-order chi connectivity index (χ0) is 13.8. The maximum atomic E-state index is 12.3. The van der Waals surface area contributed by atoms with Gasteiger partial charge in [-0.3, -0.25) is 4.79 Å². The van der Waals surface area contributed by atoms with Gasteiger partial charge in [0, 0.05) is 32.2 Å². The Hall–Kier alpha value is -1.39. The molecule has 1 saturated heterocycles. The van der Waals surface area contributed by atoms with Crippen LogP contribution in [0.5, 0.6) is 0 Å². The second-order valence-electron chi connectivity index (χ2n) is 5.06. The number of likely N-dealkylation sites (tertiary alicyclic amines) is 1. The van der Waals surface area contributed by atoms with Gasteiger partial charge in [0.25, 0.3) is 5.91 Å². The zero-order valence-corrected chi connectivity index (χ0v) is 11.6. The fourth-order valence-corrected chi connectivity index (χ4v) is 2.71. The van der Waals surface area contributed by atoms with Gasteiger partial charge in [-0.2, -0.15) is 0 Å². The van der Waals surface area contributed by atoms with E-state index in [4.69, 9.17) is 10.5 Å². The third-order valence-electron chi connectivity index (χ3n) is 3.84. The van der Waals surface area contributed by atoms with E-state index < -0.39 is 0 Å². The molecule has 1 aliphatic heterocycles. The molecule has 0 saturated carbocycles. The Labute approximate surface area is 114 Å². The minimum atomic E-state index is -0.346. The van der Waals surface area contributed by atoms with Crippen molar-refractivity contribution in [2.24, 2.45) is 5.73 Å². The van der Waals surface area contributed by atoms with E-state index in [1.54, 1.807) is 7.11 Å². The van der Waals surface area contributed by atoms with Crippen LogP contribution in [0.3, 0.4) is 0 Å². The molecule has 0 aromatic heterocycles. The van der Waals surface area contributed by atoms with E-state index in [2.05, 4.69) is 12.1 Å². The van der Waals surface area contributed by atoms with Gasteiger partial charge in [-0.25, -0.2) is 0 Å². The van der Waals surface area contributed by atoms with Crippen LogP contribution in [0.25, 0.3) is 0 Å². The predicted molar refractivity (Wildman–Crippen MR) is 74.8 cm³/mol. The van der Waals surface area contributed by atoms with Crippen LogP contribution in [0.2, 0.25) is 0 Å². The molecule has 19 heavy (non-hydrogen) atoms. The van der Waals surface area contributed by atoms with E-state index in [1.807, 2.05) is 30.0 Å². The Morgan fingerprint density at radius 3 is 2.68 bits per heavy atom. The molecule has 1 aromatic rings. The number of carbonyl (C=O) groups is 1. The van der Waals surface area contributed by atoms with Gasteiger partial charge in [0.2, 0.25) is 0 Å². The summed E-state index contributed by atoms with van der Waals surface area (Å²) in [6, 6.07) is 10.2. The summed E-state index contributed by atoms with van der Waals surface area (Å²) in [7, 11) is 1.58. The average Bonchev–Trinajstić information content (AvgIpc) is 2.83. The largest absolute Gasteiger partial charge is 0.372 e. The molecule has 1 unspecified atom stereocenters. The number of amides is 1. The molecule has 1 aliphatic rings. The molecule has 2 rings (SSSR count). The number of ether oxygens (including phenoxy) is 1. The molecular formula is C15H22N2O2. The van der Waals surface area contributed by atoms with Crippen LogP contribution in [0.15, 0.2) is 30.3 Å². The van der Waals surface area contributed by atoms with E-state index in [9.17, 15) is 4.79 Å². The van der Waals surface area contributed by atoms with Gasteiger partial charge in [0.15, 0.2) is 0 Å². The molecule has 1 amide bonds. The lowest BCUT2D eigenvalue weighted by Gasteiger charge is -2.21. The Bertz CT molecular complexity index is 417. The van der Waals surface area contributed by atoms with Gasteiger partial charge in [-0.15, -0.1) is 0 Å². The average molecular weight is 262 g/mol. The number of methoxy groups -OCH3 is 1. The number of carbonyl (C=O) groups excluding carboxylic acids is 1. The number of nitrogens with zero attached hydrogens (tertiary/aromatic N) is 1. The van der Waals surface area contributed by atoms with Crippen molar-refractivity contribution in [1.82, 2.24) is 4.90 Å². The van der Waals surface area contributed by atoms with Crippen molar-refractivity contribution in [3.8, 4) is 0 Å². The molecule has 0 aliphatic carbocycles. The molecular weight excluding hydrogens is 240 g/mol. The molecule has 0 spiro atoms. The molecule has 0 bridgehead atoms. The van der Waals surface area contributed by atoms with Crippen LogP contribution in [0.4, 0.5) is 0 Å². The Balaban J connectivity index is 2.07. The van der Waals surface area contributed by atoms with Crippen molar-refractivity contribution in [3.05, 3.63) is 35.9 Å². The van der Waals surface area contributed by atoms with E-state index in [1.165, 1.54) is 5.56 Å². The SMILES string of the molecule is CCC(OC)C(=O)N1C[C@@H](N)[C@H](c2ccccc2)C1. The highest BCUT2D eigenvalue weighted by molar-refractivity contribution is 5.81. The molecule has 2 N–H and O–H groups in total. The number of hydrogen-bond donors (Lipinski definition) is 1. The molecule has 4 heteroatoms. The highest BCUT2D eigenvalue weighted by Gasteiger charge is 2.35. The second-order valence-corrected chi connectivity index (χ2v) is 5.06. The van der Waals surface area contributed by atoms with Crippen LogP contribution >= 0.6 is 0 Å². The summed E-state index contributed by atoms with van der Waals surface area (Å²) in [5, 5.41) is 0. The van der Waals surface area contributed by atoms with E-state index in [0.29, 0.717) is 19.5 Å². The zero-order valence-electron chi connectivity index (χ0n) is 11.6. The van der Waals surface area contributed by atoms with Crippen LogP contribution in [0.1, 0.15) is 24.8 Å².